The molecule has 0 aliphatic carbocycles. The van der Waals surface area contributed by atoms with Crippen molar-refractivity contribution < 1.29 is 31.9 Å². The zero-order chi connectivity index (χ0) is 26.6. The Balaban J connectivity index is 1.44. The van der Waals surface area contributed by atoms with Crippen molar-refractivity contribution in [1.82, 2.24) is 20.3 Å². The molecule has 3 heterocycles. The van der Waals surface area contributed by atoms with Crippen LogP contribution in [0, 0.1) is 11.2 Å². The zero-order valence-electron chi connectivity index (χ0n) is 19.7. The fraction of sp³-hybridized carbons (Fsp3) is 0.320. The van der Waals surface area contributed by atoms with Crippen LogP contribution in [-0.4, -0.2) is 39.9 Å². The van der Waals surface area contributed by atoms with Crippen LogP contribution in [-0.2, 0) is 15.7 Å². The summed E-state index contributed by atoms with van der Waals surface area (Å²) in [6, 6.07) is 4.83. The topological polar surface area (TPSA) is 106 Å². The number of rotatable bonds is 8. The number of anilines is 2. The predicted octanol–water partition coefficient (Wildman–Crippen LogP) is 4.63. The van der Waals surface area contributed by atoms with Crippen molar-refractivity contribution in [2.75, 3.05) is 18.5 Å². The molecule has 1 aliphatic heterocycles. The van der Waals surface area contributed by atoms with Crippen LogP contribution in [0.2, 0.25) is 0 Å². The van der Waals surface area contributed by atoms with Crippen LogP contribution in [0.5, 0.6) is 0 Å². The van der Waals surface area contributed by atoms with Crippen LogP contribution in [0.4, 0.5) is 28.9 Å². The average molecular weight is 517 g/mol. The largest absolute Gasteiger partial charge is 0.418 e. The highest BCUT2D eigenvalue weighted by Crippen LogP contribution is 2.37. The first-order valence-corrected chi connectivity index (χ1v) is 11.3. The summed E-state index contributed by atoms with van der Waals surface area (Å²) in [7, 11) is 0. The second kappa shape index (κ2) is 10.6. The van der Waals surface area contributed by atoms with Crippen molar-refractivity contribution in [3.63, 3.8) is 0 Å². The number of nitrogens with one attached hydrogen (secondary N) is 2. The Kier molecular flexibility index (Phi) is 7.48. The molecule has 1 aromatic carbocycles. The fourth-order valence-electron chi connectivity index (χ4n) is 4.03. The number of carbonyl (C=O) groups excluding carboxylic acids is 2. The standard InChI is InChI=1S/C25H23F4N5O3/c1-15(33-23(36)24(6-7-37-13-24)9-22(35)16-10-30-14-31-11-16)20-5-3-18(12-32-20)34-21-4-2-17(26)8-19(21)25(27,28)29/h2-5,8,10-12,14-15,34H,6-7,9,13H2,1H3,(H,33,36)/t15?,24-/m0/s1. The first kappa shape index (κ1) is 26.1. The minimum absolute atomic E-state index is 0.0750. The first-order chi connectivity index (χ1) is 17.6. The van der Waals surface area contributed by atoms with Gasteiger partial charge in [0.2, 0.25) is 5.91 Å². The Labute approximate surface area is 209 Å². The van der Waals surface area contributed by atoms with E-state index in [0.29, 0.717) is 30.4 Å². The Morgan fingerprint density at radius 1 is 1.14 bits per heavy atom. The smallest absolute Gasteiger partial charge is 0.380 e. The van der Waals surface area contributed by atoms with Crippen LogP contribution in [0.3, 0.4) is 0 Å². The molecule has 2 aromatic heterocycles. The van der Waals surface area contributed by atoms with E-state index in [1.807, 2.05) is 0 Å². The zero-order valence-corrected chi connectivity index (χ0v) is 19.7. The van der Waals surface area contributed by atoms with Crippen molar-refractivity contribution in [3.05, 3.63) is 77.9 Å². The van der Waals surface area contributed by atoms with Gasteiger partial charge in [-0.25, -0.2) is 14.4 Å². The second-order valence-electron chi connectivity index (χ2n) is 8.79. The monoisotopic (exact) mass is 517 g/mol. The number of halogens is 4. The molecule has 0 radical (unpaired) electrons. The Bertz CT molecular complexity index is 1260. The number of alkyl halides is 3. The lowest BCUT2D eigenvalue weighted by atomic mass is 9.80. The summed E-state index contributed by atoms with van der Waals surface area (Å²) in [6.45, 7) is 2.12. The quantitative estimate of drug-likeness (QED) is 0.332. The van der Waals surface area contributed by atoms with Gasteiger partial charge in [-0.1, -0.05) is 0 Å². The number of ether oxygens (including phenoxy) is 1. The molecular formula is C25H23F4N5O3. The van der Waals surface area contributed by atoms with Crippen LogP contribution >= 0.6 is 0 Å². The van der Waals surface area contributed by atoms with Gasteiger partial charge in [-0.15, -0.1) is 0 Å². The summed E-state index contributed by atoms with van der Waals surface area (Å²) < 4.78 is 58.6. The molecule has 0 saturated carbocycles. The van der Waals surface area contributed by atoms with Crippen LogP contribution in [0.25, 0.3) is 0 Å². The Hall–Kier alpha value is -3.93. The Morgan fingerprint density at radius 2 is 1.89 bits per heavy atom. The third kappa shape index (κ3) is 6.08. The lowest BCUT2D eigenvalue weighted by Crippen LogP contribution is -2.44. The van der Waals surface area contributed by atoms with E-state index in [9.17, 15) is 27.2 Å². The number of pyridine rings is 1. The van der Waals surface area contributed by atoms with Crippen molar-refractivity contribution in [2.45, 2.75) is 32.0 Å². The van der Waals surface area contributed by atoms with E-state index in [1.54, 1.807) is 13.0 Å². The maximum atomic E-state index is 13.4. The minimum Gasteiger partial charge on any atom is -0.380 e. The van der Waals surface area contributed by atoms with Crippen LogP contribution < -0.4 is 10.6 Å². The number of aromatic nitrogens is 3. The van der Waals surface area contributed by atoms with E-state index < -0.39 is 29.0 Å². The summed E-state index contributed by atoms with van der Waals surface area (Å²) in [5.41, 5.74) is -1.52. The van der Waals surface area contributed by atoms with Gasteiger partial charge in [0, 0.05) is 25.4 Å². The second-order valence-corrected chi connectivity index (χ2v) is 8.79. The number of Topliss-reactive ketones (excluding diaryl/α,β-unsaturated/α-hetero) is 1. The van der Waals surface area contributed by atoms with E-state index in [1.165, 1.54) is 31.0 Å². The number of carbonyl (C=O) groups is 2. The number of nitrogens with zero attached hydrogens (tertiary/aromatic N) is 3. The molecule has 1 aliphatic rings. The van der Waals surface area contributed by atoms with Gasteiger partial charge in [-0.3, -0.25) is 14.6 Å². The number of amides is 1. The van der Waals surface area contributed by atoms with Gasteiger partial charge in [0.25, 0.3) is 0 Å². The predicted molar refractivity (Wildman–Crippen MR) is 124 cm³/mol. The molecule has 1 fully saturated rings. The molecule has 2 atom stereocenters. The lowest BCUT2D eigenvalue weighted by molar-refractivity contribution is -0.137. The van der Waals surface area contributed by atoms with Gasteiger partial charge in [-0.2, -0.15) is 13.2 Å². The molecule has 0 bridgehead atoms. The molecule has 0 spiro atoms. The van der Waals surface area contributed by atoms with Crippen molar-refractivity contribution in [2.24, 2.45) is 5.41 Å². The first-order valence-electron chi connectivity index (χ1n) is 11.3. The summed E-state index contributed by atoms with van der Waals surface area (Å²) >= 11 is 0. The molecule has 1 unspecified atom stereocenters. The van der Waals surface area contributed by atoms with Crippen molar-refractivity contribution in [1.29, 1.82) is 0 Å². The summed E-state index contributed by atoms with van der Waals surface area (Å²) in [6.07, 6.45) is 0.947. The third-order valence-electron chi connectivity index (χ3n) is 6.11. The Morgan fingerprint density at radius 3 is 2.51 bits per heavy atom. The number of benzene rings is 1. The summed E-state index contributed by atoms with van der Waals surface area (Å²) in [4.78, 5) is 37.9. The van der Waals surface area contributed by atoms with E-state index in [2.05, 4.69) is 25.6 Å². The molecule has 1 saturated heterocycles. The lowest BCUT2D eigenvalue weighted by Gasteiger charge is -2.27. The molecule has 194 valence electrons. The third-order valence-corrected chi connectivity index (χ3v) is 6.11. The van der Waals surface area contributed by atoms with E-state index in [-0.39, 0.29) is 36.1 Å². The SMILES string of the molecule is CC(NC(=O)[C@]1(CC(=O)c2cncnc2)CCOC1)c1ccc(Nc2ccc(F)cc2C(F)(F)F)cn1. The number of ketones is 1. The van der Waals surface area contributed by atoms with E-state index >= 15 is 0 Å². The maximum absolute atomic E-state index is 13.4. The highest BCUT2D eigenvalue weighted by Gasteiger charge is 2.44. The molecule has 1 amide bonds. The molecular weight excluding hydrogens is 494 g/mol. The number of hydrogen-bond acceptors (Lipinski definition) is 7. The van der Waals surface area contributed by atoms with Crippen LogP contribution in [0.15, 0.2) is 55.2 Å². The molecule has 4 rings (SSSR count). The van der Waals surface area contributed by atoms with Gasteiger partial charge >= 0.3 is 6.18 Å². The number of hydrogen-bond donors (Lipinski definition) is 2. The molecule has 12 heteroatoms. The fourth-order valence-corrected chi connectivity index (χ4v) is 4.03. The molecule has 37 heavy (non-hydrogen) atoms. The average Bonchev–Trinajstić information content (AvgIpc) is 3.35. The summed E-state index contributed by atoms with van der Waals surface area (Å²) in [5.74, 6) is -1.64. The van der Waals surface area contributed by atoms with Crippen molar-refractivity contribution in [3.8, 4) is 0 Å². The van der Waals surface area contributed by atoms with Gasteiger partial charge in [0.1, 0.15) is 12.1 Å². The molecule has 2 N–H and O–H groups in total. The normalized spacial score (nSPS) is 18.3. The molecule has 8 nitrogen and oxygen atoms in total. The maximum Gasteiger partial charge on any atom is 0.418 e. The minimum atomic E-state index is -4.74. The van der Waals surface area contributed by atoms with E-state index in [4.69, 9.17) is 4.74 Å². The van der Waals surface area contributed by atoms with Gasteiger partial charge < -0.3 is 15.4 Å². The van der Waals surface area contributed by atoms with Gasteiger partial charge in [-0.05, 0) is 43.7 Å². The van der Waals surface area contributed by atoms with Gasteiger partial charge in [0.15, 0.2) is 5.78 Å². The van der Waals surface area contributed by atoms with Crippen molar-refractivity contribution >= 4 is 23.1 Å². The van der Waals surface area contributed by atoms with E-state index in [0.717, 1.165) is 12.1 Å². The highest BCUT2D eigenvalue weighted by atomic mass is 19.4. The van der Waals surface area contributed by atoms with Gasteiger partial charge in [0.05, 0.1) is 52.5 Å². The molecule has 3 aromatic rings. The summed E-state index contributed by atoms with van der Waals surface area (Å²) in [5, 5.41) is 5.46. The highest BCUT2D eigenvalue weighted by molar-refractivity contribution is 5.99. The van der Waals surface area contributed by atoms with Crippen LogP contribution in [0.1, 0.15) is 47.4 Å².